The van der Waals surface area contributed by atoms with Gasteiger partial charge in [0.25, 0.3) is 5.91 Å². The molecule has 1 fully saturated rings. The molecular formula is C19H24N2O4S2. The molecule has 2 aromatic rings. The van der Waals surface area contributed by atoms with Gasteiger partial charge in [-0.3, -0.25) is 4.79 Å². The lowest BCUT2D eigenvalue weighted by Crippen LogP contribution is -2.35. The Labute approximate surface area is 164 Å². The van der Waals surface area contributed by atoms with Crippen molar-refractivity contribution in [3.8, 4) is 11.1 Å². The summed E-state index contributed by atoms with van der Waals surface area (Å²) in [5, 5.41) is 3.91. The lowest BCUT2D eigenvalue weighted by Gasteiger charge is -2.28. The molecule has 1 aliphatic rings. The molecule has 0 saturated carbocycles. The number of nitrogens with zero attached hydrogens (tertiary/aromatic N) is 1. The fraction of sp³-hybridized carbons (Fsp3) is 0.421. The molecule has 1 aromatic heterocycles. The molecule has 0 bridgehead atoms. The first kappa shape index (κ1) is 19.9. The Morgan fingerprint density at radius 1 is 1.22 bits per heavy atom. The van der Waals surface area contributed by atoms with Crippen molar-refractivity contribution in [3.63, 3.8) is 0 Å². The molecule has 0 atom stereocenters. The van der Waals surface area contributed by atoms with Gasteiger partial charge in [-0.25, -0.2) is 8.42 Å². The van der Waals surface area contributed by atoms with Crippen LogP contribution in [0.15, 0.2) is 36.4 Å². The molecule has 0 spiro atoms. The zero-order valence-corrected chi connectivity index (χ0v) is 16.9. The number of morpholine rings is 1. The molecule has 8 heteroatoms. The second-order valence-corrected chi connectivity index (χ2v) is 9.82. The van der Waals surface area contributed by atoms with E-state index in [9.17, 15) is 13.2 Å². The van der Waals surface area contributed by atoms with Gasteiger partial charge in [-0.2, -0.15) is 0 Å². The molecule has 0 radical (unpaired) electrons. The standard InChI is InChI=1S/C19H24N2O4S2/c1-27(23,24)13-5-8-20-18(22)17-14-16(15-6-3-2-4-7-15)19(26-17)21-9-11-25-12-10-21/h2-4,6-7,14H,5,8-13H2,1H3,(H,20,22). The van der Waals surface area contributed by atoms with E-state index < -0.39 is 9.84 Å². The summed E-state index contributed by atoms with van der Waals surface area (Å²) in [5.74, 6) is -0.0864. The maximum atomic E-state index is 12.6. The van der Waals surface area contributed by atoms with Gasteiger partial charge in [0.15, 0.2) is 0 Å². The normalized spacial score (nSPS) is 14.9. The fourth-order valence-corrected chi connectivity index (χ4v) is 4.76. The first-order chi connectivity index (χ1) is 12.9. The average molecular weight is 409 g/mol. The smallest absolute Gasteiger partial charge is 0.261 e. The molecule has 0 aliphatic carbocycles. The van der Waals surface area contributed by atoms with Crippen LogP contribution in [-0.2, 0) is 14.6 Å². The Morgan fingerprint density at radius 3 is 2.59 bits per heavy atom. The van der Waals surface area contributed by atoms with Crippen LogP contribution < -0.4 is 10.2 Å². The third-order valence-electron chi connectivity index (χ3n) is 4.30. The van der Waals surface area contributed by atoms with E-state index in [1.807, 2.05) is 36.4 Å². The van der Waals surface area contributed by atoms with Gasteiger partial charge in [0, 0.05) is 31.5 Å². The van der Waals surface area contributed by atoms with Crippen LogP contribution >= 0.6 is 11.3 Å². The highest BCUT2D eigenvalue weighted by molar-refractivity contribution is 7.90. The van der Waals surface area contributed by atoms with Crippen molar-refractivity contribution in [2.24, 2.45) is 0 Å². The third kappa shape index (κ3) is 5.54. The van der Waals surface area contributed by atoms with E-state index in [1.54, 1.807) is 0 Å². The summed E-state index contributed by atoms with van der Waals surface area (Å²) in [6.07, 6.45) is 1.62. The summed E-state index contributed by atoms with van der Waals surface area (Å²) in [4.78, 5) is 15.5. The van der Waals surface area contributed by atoms with Crippen LogP contribution in [0.4, 0.5) is 5.00 Å². The quantitative estimate of drug-likeness (QED) is 0.712. The summed E-state index contributed by atoms with van der Waals surface area (Å²) in [6.45, 7) is 3.31. The number of amides is 1. The van der Waals surface area contributed by atoms with Crippen molar-refractivity contribution in [1.82, 2.24) is 5.32 Å². The summed E-state index contributed by atoms with van der Waals surface area (Å²) in [6, 6.07) is 12.0. The van der Waals surface area contributed by atoms with E-state index in [2.05, 4.69) is 10.2 Å². The second-order valence-electron chi connectivity index (χ2n) is 6.53. The monoisotopic (exact) mass is 408 g/mol. The van der Waals surface area contributed by atoms with Gasteiger partial charge in [-0.15, -0.1) is 11.3 Å². The summed E-state index contributed by atoms with van der Waals surface area (Å²) in [5.41, 5.74) is 2.12. The highest BCUT2D eigenvalue weighted by Gasteiger charge is 2.21. The summed E-state index contributed by atoms with van der Waals surface area (Å²) < 4.78 is 27.8. The van der Waals surface area contributed by atoms with Gasteiger partial charge in [0.1, 0.15) is 9.84 Å². The Morgan fingerprint density at radius 2 is 1.93 bits per heavy atom. The molecule has 27 heavy (non-hydrogen) atoms. The number of sulfone groups is 1. The van der Waals surface area contributed by atoms with E-state index in [4.69, 9.17) is 4.74 Å². The van der Waals surface area contributed by atoms with Gasteiger partial charge >= 0.3 is 0 Å². The van der Waals surface area contributed by atoms with E-state index in [0.29, 0.717) is 31.1 Å². The van der Waals surface area contributed by atoms with Crippen LogP contribution in [0.25, 0.3) is 11.1 Å². The first-order valence-corrected chi connectivity index (χ1v) is 11.8. The molecule has 6 nitrogen and oxygen atoms in total. The van der Waals surface area contributed by atoms with E-state index in [-0.39, 0.29) is 11.7 Å². The largest absolute Gasteiger partial charge is 0.378 e. The van der Waals surface area contributed by atoms with E-state index in [0.717, 1.165) is 29.2 Å². The van der Waals surface area contributed by atoms with Gasteiger partial charge < -0.3 is 15.0 Å². The Balaban J connectivity index is 1.77. The highest BCUT2D eigenvalue weighted by Crippen LogP contribution is 2.39. The van der Waals surface area contributed by atoms with Crippen LogP contribution in [0.5, 0.6) is 0 Å². The van der Waals surface area contributed by atoms with Crippen LogP contribution in [-0.4, -0.2) is 59.2 Å². The Kier molecular flexibility index (Phi) is 6.51. The van der Waals surface area contributed by atoms with Gasteiger partial charge in [-0.1, -0.05) is 30.3 Å². The molecule has 146 valence electrons. The zero-order valence-electron chi connectivity index (χ0n) is 15.3. The van der Waals surface area contributed by atoms with Crippen molar-refractivity contribution in [2.75, 3.05) is 49.8 Å². The van der Waals surface area contributed by atoms with Crippen molar-refractivity contribution in [1.29, 1.82) is 0 Å². The first-order valence-electron chi connectivity index (χ1n) is 8.92. The minimum absolute atomic E-state index is 0.0754. The maximum absolute atomic E-state index is 12.6. The number of anilines is 1. The number of hydrogen-bond donors (Lipinski definition) is 1. The van der Waals surface area contributed by atoms with Crippen molar-refractivity contribution < 1.29 is 17.9 Å². The lowest BCUT2D eigenvalue weighted by molar-refractivity contribution is 0.0957. The maximum Gasteiger partial charge on any atom is 0.261 e. The van der Waals surface area contributed by atoms with Crippen molar-refractivity contribution in [2.45, 2.75) is 6.42 Å². The lowest BCUT2D eigenvalue weighted by atomic mass is 10.1. The predicted molar refractivity (Wildman–Crippen MR) is 109 cm³/mol. The van der Waals surface area contributed by atoms with Crippen LogP contribution in [0, 0.1) is 0 Å². The summed E-state index contributed by atoms with van der Waals surface area (Å²) >= 11 is 1.47. The van der Waals surface area contributed by atoms with Gasteiger partial charge in [0.05, 0.1) is 28.8 Å². The van der Waals surface area contributed by atoms with Crippen molar-refractivity contribution in [3.05, 3.63) is 41.3 Å². The molecule has 1 amide bonds. The SMILES string of the molecule is CS(=O)(=O)CCCNC(=O)c1cc(-c2ccccc2)c(N2CCOCC2)s1. The molecule has 1 N–H and O–H groups in total. The molecule has 0 unspecified atom stereocenters. The molecule has 1 aromatic carbocycles. The molecule has 2 heterocycles. The number of thiophene rings is 1. The number of benzene rings is 1. The number of carbonyl (C=O) groups is 1. The topological polar surface area (TPSA) is 75.7 Å². The fourth-order valence-electron chi connectivity index (χ4n) is 2.94. The van der Waals surface area contributed by atoms with Crippen LogP contribution in [0.1, 0.15) is 16.1 Å². The number of ether oxygens (including phenoxy) is 1. The zero-order chi connectivity index (χ0) is 19.3. The Hall–Kier alpha value is -1.90. The van der Waals surface area contributed by atoms with Crippen LogP contribution in [0.2, 0.25) is 0 Å². The van der Waals surface area contributed by atoms with E-state index in [1.165, 1.54) is 17.6 Å². The van der Waals surface area contributed by atoms with Crippen molar-refractivity contribution >= 4 is 32.1 Å². The molecule has 1 aliphatic heterocycles. The molecule has 1 saturated heterocycles. The highest BCUT2D eigenvalue weighted by atomic mass is 32.2. The van der Waals surface area contributed by atoms with Gasteiger partial charge in [0.2, 0.25) is 0 Å². The average Bonchev–Trinajstić information content (AvgIpc) is 3.11. The number of nitrogens with one attached hydrogen (secondary N) is 1. The molecule has 3 rings (SSSR count). The second kappa shape index (κ2) is 8.86. The van der Waals surface area contributed by atoms with Crippen LogP contribution in [0.3, 0.4) is 0 Å². The summed E-state index contributed by atoms with van der Waals surface area (Å²) in [7, 11) is -3.01. The van der Waals surface area contributed by atoms with E-state index >= 15 is 0 Å². The predicted octanol–water partition coefficient (Wildman–Crippen LogP) is 2.42. The van der Waals surface area contributed by atoms with Gasteiger partial charge in [-0.05, 0) is 18.1 Å². The number of hydrogen-bond acceptors (Lipinski definition) is 6. The number of carbonyl (C=O) groups excluding carboxylic acids is 1. The minimum atomic E-state index is -3.01. The molecular weight excluding hydrogens is 384 g/mol. The Bertz CT molecular complexity index is 872. The minimum Gasteiger partial charge on any atom is -0.378 e. The third-order valence-corrected chi connectivity index (χ3v) is 6.52. The number of rotatable bonds is 7.